The van der Waals surface area contributed by atoms with Gasteiger partial charge in [-0.1, -0.05) is 56.3 Å². The van der Waals surface area contributed by atoms with Crippen LogP contribution in [0.1, 0.15) is 44.7 Å². The SMILES string of the molecule is CCC(=O)N(Cc1ccc(F)cc1)[C@H](Cc1ccccc1)C(=O)N[C@@H](C)CC. The number of rotatable bonds is 9. The molecule has 5 heteroatoms. The monoisotopic (exact) mass is 384 g/mol. The number of nitrogens with zero attached hydrogens (tertiary/aromatic N) is 1. The van der Waals surface area contributed by atoms with Crippen LogP contribution in [0.4, 0.5) is 4.39 Å². The molecule has 0 aromatic heterocycles. The molecule has 1 N–H and O–H groups in total. The Morgan fingerprint density at radius 1 is 1.00 bits per heavy atom. The highest BCUT2D eigenvalue weighted by atomic mass is 19.1. The van der Waals surface area contributed by atoms with Crippen LogP contribution < -0.4 is 5.32 Å². The standard InChI is InChI=1S/C23H29FN2O2/c1-4-17(3)25-23(28)21(15-18-9-7-6-8-10-18)26(22(27)5-2)16-19-11-13-20(24)14-12-19/h6-14,17,21H,4-5,15-16H2,1-3H3,(H,25,28)/t17-,21+/m0/s1. The molecule has 2 rings (SSSR count). The van der Waals surface area contributed by atoms with Gasteiger partial charge in [-0.05, 0) is 36.6 Å². The summed E-state index contributed by atoms with van der Waals surface area (Å²) < 4.78 is 13.3. The third-order valence-electron chi connectivity index (χ3n) is 4.84. The molecule has 0 radical (unpaired) electrons. The van der Waals surface area contributed by atoms with Crippen molar-refractivity contribution in [1.82, 2.24) is 10.2 Å². The Kier molecular flexibility index (Phi) is 8.18. The maximum absolute atomic E-state index is 13.3. The van der Waals surface area contributed by atoms with Crippen LogP contribution >= 0.6 is 0 Å². The molecule has 0 heterocycles. The topological polar surface area (TPSA) is 49.4 Å². The van der Waals surface area contributed by atoms with Crippen LogP contribution in [0.2, 0.25) is 0 Å². The molecule has 0 bridgehead atoms. The maximum atomic E-state index is 13.3. The van der Waals surface area contributed by atoms with Crippen molar-refractivity contribution in [3.8, 4) is 0 Å². The van der Waals surface area contributed by atoms with Gasteiger partial charge in [0.1, 0.15) is 11.9 Å². The summed E-state index contributed by atoms with van der Waals surface area (Å²) in [5, 5.41) is 3.01. The normalized spacial score (nSPS) is 12.9. The zero-order valence-electron chi connectivity index (χ0n) is 16.8. The highest BCUT2D eigenvalue weighted by Gasteiger charge is 2.30. The summed E-state index contributed by atoms with van der Waals surface area (Å²) in [6, 6.07) is 15.1. The van der Waals surface area contributed by atoms with Gasteiger partial charge in [-0.25, -0.2) is 4.39 Å². The van der Waals surface area contributed by atoms with E-state index in [2.05, 4.69) is 5.32 Å². The average molecular weight is 384 g/mol. The van der Waals surface area contributed by atoms with E-state index >= 15 is 0 Å². The van der Waals surface area contributed by atoms with Gasteiger partial charge in [0.2, 0.25) is 11.8 Å². The van der Waals surface area contributed by atoms with E-state index in [9.17, 15) is 14.0 Å². The lowest BCUT2D eigenvalue weighted by molar-refractivity contribution is -0.141. The first kappa shape index (κ1) is 21.6. The van der Waals surface area contributed by atoms with Gasteiger partial charge >= 0.3 is 0 Å². The molecule has 0 spiro atoms. The minimum atomic E-state index is -0.631. The Morgan fingerprint density at radius 3 is 2.21 bits per heavy atom. The molecule has 2 aromatic rings. The molecule has 28 heavy (non-hydrogen) atoms. The second kappa shape index (κ2) is 10.6. The van der Waals surface area contributed by atoms with E-state index in [1.807, 2.05) is 44.2 Å². The van der Waals surface area contributed by atoms with Crippen molar-refractivity contribution < 1.29 is 14.0 Å². The predicted octanol–water partition coefficient (Wildman–Crippen LogP) is 4.09. The van der Waals surface area contributed by atoms with Crippen LogP contribution in [0, 0.1) is 5.82 Å². The van der Waals surface area contributed by atoms with Crippen molar-refractivity contribution in [3.05, 3.63) is 71.5 Å². The minimum absolute atomic E-state index is 0.0233. The molecule has 0 fully saturated rings. The van der Waals surface area contributed by atoms with Crippen LogP contribution in [0.15, 0.2) is 54.6 Å². The van der Waals surface area contributed by atoms with Crippen molar-refractivity contribution in [1.29, 1.82) is 0 Å². The van der Waals surface area contributed by atoms with E-state index in [1.54, 1.807) is 24.0 Å². The molecule has 2 atom stereocenters. The van der Waals surface area contributed by atoms with Gasteiger partial charge < -0.3 is 10.2 Å². The molecular formula is C23H29FN2O2. The van der Waals surface area contributed by atoms with Gasteiger partial charge in [0.05, 0.1) is 0 Å². The summed E-state index contributed by atoms with van der Waals surface area (Å²) in [4.78, 5) is 27.4. The molecule has 2 aromatic carbocycles. The van der Waals surface area contributed by atoms with Gasteiger partial charge in [-0.15, -0.1) is 0 Å². The molecule has 2 amide bonds. The number of benzene rings is 2. The zero-order valence-corrected chi connectivity index (χ0v) is 16.8. The number of carbonyl (C=O) groups excluding carboxylic acids is 2. The Morgan fingerprint density at radius 2 is 1.64 bits per heavy atom. The predicted molar refractivity (Wildman–Crippen MR) is 109 cm³/mol. The second-order valence-corrected chi connectivity index (χ2v) is 7.03. The molecule has 0 aliphatic carbocycles. The Labute approximate surface area is 166 Å². The smallest absolute Gasteiger partial charge is 0.243 e. The zero-order chi connectivity index (χ0) is 20.5. The van der Waals surface area contributed by atoms with Gasteiger partial charge in [-0.2, -0.15) is 0 Å². The number of hydrogen-bond acceptors (Lipinski definition) is 2. The van der Waals surface area contributed by atoms with E-state index in [0.717, 1.165) is 17.5 Å². The van der Waals surface area contributed by atoms with Crippen LogP contribution in [-0.4, -0.2) is 28.8 Å². The lowest BCUT2D eigenvalue weighted by Gasteiger charge is -2.32. The number of halogens is 1. The summed E-state index contributed by atoms with van der Waals surface area (Å²) in [5.41, 5.74) is 1.78. The van der Waals surface area contributed by atoms with E-state index in [4.69, 9.17) is 0 Å². The van der Waals surface area contributed by atoms with E-state index in [1.165, 1.54) is 12.1 Å². The van der Waals surface area contributed by atoms with Crippen LogP contribution in [0.3, 0.4) is 0 Å². The molecule has 0 saturated carbocycles. The van der Waals surface area contributed by atoms with Gasteiger partial charge in [0, 0.05) is 25.4 Å². The third kappa shape index (κ3) is 6.19. The lowest BCUT2D eigenvalue weighted by Crippen LogP contribution is -2.52. The molecule has 0 aliphatic heterocycles. The average Bonchev–Trinajstić information content (AvgIpc) is 2.71. The van der Waals surface area contributed by atoms with Crippen LogP contribution in [-0.2, 0) is 22.6 Å². The minimum Gasteiger partial charge on any atom is -0.352 e. The van der Waals surface area contributed by atoms with Gasteiger partial charge in [-0.3, -0.25) is 9.59 Å². The van der Waals surface area contributed by atoms with Crippen LogP contribution in [0.5, 0.6) is 0 Å². The first-order valence-corrected chi connectivity index (χ1v) is 9.82. The fourth-order valence-corrected chi connectivity index (χ4v) is 2.98. The maximum Gasteiger partial charge on any atom is 0.243 e. The van der Waals surface area contributed by atoms with Crippen molar-refractivity contribution in [2.75, 3.05) is 0 Å². The molecule has 4 nitrogen and oxygen atoms in total. The molecule has 0 aliphatic rings. The fourth-order valence-electron chi connectivity index (χ4n) is 2.98. The van der Waals surface area contributed by atoms with Gasteiger partial charge in [0.25, 0.3) is 0 Å². The van der Waals surface area contributed by atoms with Crippen molar-refractivity contribution in [2.24, 2.45) is 0 Å². The first-order valence-electron chi connectivity index (χ1n) is 9.82. The first-order chi connectivity index (χ1) is 13.4. The van der Waals surface area contributed by atoms with E-state index in [-0.39, 0.29) is 30.2 Å². The highest BCUT2D eigenvalue weighted by Crippen LogP contribution is 2.16. The Balaban J connectivity index is 2.33. The van der Waals surface area contributed by atoms with Crippen molar-refractivity contribution in [2.45, 2.75) is 58.7 Å². The largest absolute Gasteiger partial charge is 0.352 e. The van der Waals surface area contributed by atoms with E-state index < -0.39 is 6.04 Å². The lowest BCUT2D eigenvalue weighted by atomic mass is 10.0. The number of hydrogen-bond donors (Lipinski definition) is 1. The highest BCUT2D eigenvalue weighted by molar-refractivity contribution is 5.88. The summed E-state index contributed by atoms with van der Waals surface area (Å²) >= 11 is 0. The Hall–Kier alpha value is -2.69. The van der Waals surface area contributed by atoms with Crippen molar-refractivity contribution >= 4 is 11.8 Å². The van der Waals surface area contributed by atoms with Gasteiger partial charge in [0.15, 0.2) is 0 Å². The van der Waals surface area contributed by atoms with Crippen LogP contribution in [0.25, 0.3) is 0 Å². The summed E-state index contributed by atoms with van der Waals surface area (Å²) in [7, 11) is 0. The summed E-state index contributed by atoms with van der Waals surface area (Å²) in [6.45, 7) is 6.00. The number of amides is 2. The van der Waals surface area contributed by atoms with E-state index in [0.29, 0.717) is 12.8 Å². The summed E-state index contributed by atoms with van der Waals surface area (Å²) in [5.74, 6) is -0.598. The van der Waals surface area contributed by atoms with Crippen molar-refractivity contribution in [3.63, 3.8) is 0 Å². The Bertz CT molecular complexity index is 762. The molecular weight excluding hydrogens is 355 g/mol. The molecule has 150 valence electrons. The molecule has 0 saturated heterocycles. The summed E-state index contributed by atoms with van der Waals surface area (Å²) in [6.07, 6.45) is 1.53. The second-order valence-electron chi connectivity index (χ2n) is 7.03. The number of carbonyl (C=O) groups is 2. The quantitative estimate of drug-likeness (QED) is 0.708. The fraction of sp³-hybridized carbons (Fsp3) is 0.391. The number of nitrogens with one attached hydrogen (secondary N) is 1. The third-order valence-corrected chi connectivity index (χ3v) is 4.84. The molecule has 0 unspecified atom stereocenters.